The summed E-state index contributed by atoms with van der Waals surface area (Å²) in [7, 11) is 0. The van der Waals surface area contributed by atoms with E-state index in [4.69, 9.17) is 4.74 Å². The molecule has 0 spiro atoms. The number of benzene rings is 2. The Morgan fingerprint density at radius 2 is 1.92 bits per heavy atom. The maximum absolute atomic E-state index is 13.3. The summed E-state index contributed by atoms with van der Waals surface area (Å²) < 4.78 is 6.18. The summed E-state index contributed by atoms with van der Waals surface area (Å²) in [6, 6.07) is 14.8. The maximum Gasteiger partial charge on any atom is 0.357 e. The van der Waals surface area contributed by atoms with Gasteiger partial charge in [0.1, 0.15) is 12.0 Å². The second-order valence-electron chi connectivity index (χ2n) is 9.50. The number of aliphatic hydroxyl groups excluding tert-OH is 1. The number of likely N-dealkylation sites (tertiary alicyclic amines) is 1. The van der Waals surface area contributed by atoms with E-state index in [1.807, 2.05) is 18.2 Å². The molecule has 5 rings (SSSR count). The predicted octanol–water partition coefficient (Wildman–Crippen LogP) is 3.76. The van der Waals surface area contributed by atoms with E-state index in [9.17, 15) is 29.6 Å². The zero-order valence-electron chi connectivity index (χ0n) is 21.1. The molecular formula is C27H27N3O7S2. The lowest BCUT2D eigenvalue weighted by atomic mass is 9.90. The Balaban J connectivity index is 1.31. The number of hydrogen-bond acceptors (Lipinski definition) is 9. The van der Waals surface area contributed by atoms with Crippen LogP contribution in [0, 0.1) is 16.0 Å². The van der Waals surface area contributed by atoms with Crippen molar-refractivity contribution in [2.45, 2.75) is 43.1 Å². The van der Waals surface area contributed by atoms with E-state index in [-0.39, 0.29) is 40.4 Å². The highest BCUT2D eigenvalue weighted by atomic mass is 32.2. The van der Waals surface area contributed by atoms with Crippen molar-refractivity contribution in [3.05, 3.63) is 85.8 Å². The number of fused-ring (bicyclic) bond motifs is 1. The van der Waals surface area contributed by atoms with Gasteiger partial charge in [-0.1, -0.05) is 36.9 Å². The van der Waals surface area contributed by atoms with Gasteiger partial charge in [0.05, 0.1) is 21.2 Å². The Hall–Kier alpha value is -3.35. The third kappa shape index (κ3) is 5.41. The summed E-state index contributed by atoms with van der Waals surface area (Å²) in [6.45, 7) is 2.79. The molecule has 4 atom stereocenters. The second-order valence-corrected chi connectivity index (χ2v) is 12.2. The number of non-ortho nitro benzene ring substituents is 1. The number of aliphatic hydroxyl groups is 1. The summed E-state index contributed by atoms with van der Waals surface area (Å²) in [5.74, 6) is -1.62. The SMILES string of the molecule is CC[C@H](O)[C@@H]1C(=O)N2C(C(=O)OCc3ccc([N+](=O)[O-])cc3)=C(S[C@H]3CCN(C(=O)c4ccccc4)C3)S[C@H]12. The molecule has 2 amide bonds. The quantitative estimate of drug-likeness (QED) is 0.208. The third-order valence-electron chi connectivity index (χ3n) is 7.02. The van der Waals surface area contributed by atoms with Gasteiger partial charge in [-0.15, -0.1) is 11.8 Å². The van der Waals surface area contributed by atoms with E-state index >= 15 is 0 Å². The van der Waals surface area contributed by atoms with Crippen LogP contribution in [-0.2, 0) is 20.9 Å². The number of hydrogen-bond donors (Lipinski definition) is 1. The summed E-state index contributed by atoms with van der Waals surface area (Å²) in [5.41, 5.74) is 1.30. The van der Waals surface area contributed by atoms with Gasteiger partial charge in [-0.25, -0.2) is 4.79 Å². The number of amides is 2. The van der Waals surface area contributed by atoms with E-state index < -0.39 is 22.9 Å². The fraction of sp³-hybridized carbons (Fsp3) is 0.370. The minimum Gasteiger partial charge on any atom is -0.456 e. The number of thioether (sulfide) groups is 2. The van der Waals surface area contributed by atoms with Crippen LogP contribution in [0.5, 0.6) is 0 Å². The van der Waals surface area contributed by atoms with Crippen LogP contribution >= 0.6 is 23.5 Å². The lowest BCUT2D eigenvalue weighted by Gasteiger charge is -2.44. The summed E-state index contributed by atoms with van der Waals surface area (Å²) in [5, 5.41) is 20.9. The van der Waals surface area contributed by atoms with Gasteiger partial charge < -0.3 is 14.7 Å². The van der Waals surface area contributed by atoms with Crippen LogP contribution in [0.3, 0.4) is 0 Å². The number of carbonyl (C=O) groups is 3. The molecule has 204 valence electrons. The van der Waals surface area contributed by atoms with Gasteiger partial charge in [0, 0.05) is 36.0 Å². The van der Waals surface area contributed by atoms with Crippen molar-refractivity contribution in [3.63, 3.8) is 0 Å². The normalized spacial score (nSPS) is 22.9. The van der Waals surface area contributed by atoms with E-state index in [1.165, 1.54) is 52.7 Å². The molecule has 2 fully saturated rings. The smallest absolute Gasteiger partial charge is 0.357 e. The molecule has 3 aliphatic heterocycles. The van der Waals surface area contributed by atoms with E-state index in [0.29, 0.717) is 34.9 Å². The largest absolute Gasteiger partial charge is 0.456 e. The van der Waals surface area contributed by atoms with Crippen LogP contribution in [0.1, 0.15) is 35.7 Å². The van der Waals surface area contributed by atoms with Crippen molar-refractivity contribution in [2.75, 3.05) is 13.1 Å². The van der Waals surface area contributed by atoms with Gasteiger partial charge in [-0.2, -0.15) is 0 Å². The summed E-state index contributed by atoms with van der Waals surface area (Å²) >= 11 is 2.84. The molecule has 12 heteroatoms. The molecule has 39 heavy (non-hydrogen) atoms. The lowest BCUT2D eigenvalue weighted by molar-refractivity contribution is -0.384. The molecule has 0 radical (unpaired) electrons. The predicted molar refractivity (Wildman–Crippen MR) is 146 cm³/mol. The average molecular weight is 570 g/mol. The first-order chi connectivity index (χ1) is 18.8. The number of carbonyl (C=O) groups excluding carboxylic acids is 3. The molecule has 0 aliphatic carbocycles. The number of nitro groups is 1. The zero-order valence-corrected chi connectivity index (χ0v) is 22.7. The first-order valence-electron chi connectivity index (χ1n) is 12.6. The standard InChI is InChI=1S/C27H27N3O7S2/c1-2-20(31)21-24(33)29-22(26(34)37-15-16-8-10-18(11-9-16)30(35)36)27(39-25(21)29)38-19-12-13-28(14-19)23(32)17-6-4-3-5-7-17/h3-11,19-21,25,31H,2,12-15H2,1H3/t19-,20-,21+,25+/m0/s1. The molecule has 0 saturated carbocycles. The zero-order chi connectivity index (χ0) is 27.7. The molecule has 3 heterocycles. The second kappa shape index (κ2) is 11.4. The van der Waals surface area contributed by atoms with Gasteiger partial charge in [0.2, 0.25) is 5.91 Å². The number of esters is 1. The van der Waals surface area contributed by atoms with Crippen molar-refractivity contribution < 1.29 is 29.2 Å². The fourth-order valence-corrected chi connectivity index (χ4v) is 8.11. The highest BCUT2D eigenvalue weighted by Crippen LogP contribution is 2.55. The Labute approximate surface area is 233 Å². The molecule has 2 saturated heterocycles. The Morgan fingerprint density at radius 1 is 1.21 bits per heavy atom. The van der Waals surface area contributed by atoms with Crippen LogP contribution in [0.4, 0.5) is 5.69 Å². The third-order valence-corrected chi connectivity index (χ3v) is 9.87. The topological polar surface area (TPSA) is 130 Å². The first-order valence-corrected chi connectivity index (χ1v) is 14.4. The average Bonchev–Trinajstić information content (AvgIpc) is 3.55. The number of nitro benzene ring substituents is 1. The van der Waals surface area contributed by atoms with Crippen LogP contribution in [0.2, 0.25) is 0 Å². The number of nitrogens with zero attached hydrogens (tertiary/aromatic N) is 3. The molecule has 3 aliphatic rings. The monoisotopic (exact) mass is 569 g/mol. The Kier molecular flexibility index (Phi) is 7.96. The van der Waals surface area contributed by atoms with Gasteiger partial charge in [-0.3, -0.25) is 24.6 Å². The molecule has 0 unspecified atom stereocenters. The van der Waals surface area contributed by atoms with Gasteiger partial charge in [0.15, 0.2) is 5.70 Å². The van der Waals surface area contributed by atoms with Gasteiger partial charge in [-0.05, 0) is 42.7 Å². The Bertz CT molecular complexity index is 1320. The van der Waals surface area contributed by atoms with Crippen LogP contribution < -0.4 is 0 Å². The van der Waals surface area contributed by atoms with E-state index in [0.717, 1.165) is 6.42 Å². The van der Waals surface area contributed by atoms with E-state index in [1.54, 1.807) is 24.0 Å². The maximum atomic E-state index is 13.3. The summed E-state index contributed by atoms with van der Waals surface area (Å²) in [4.78, 5) is 52.8. The highest BCUT2D eigenvalue weighted by molar-refractivity contribution is 8.23. The van der Waals surface area contributed by atoms with Crippen molar-refractivity contribution >= 4 is 47.0 Å². The molecule has 0 aromatic heterocycles. The minimum atomic E-state index is -0.807. The molecular weight excluding hydrogens is 542 g/mol. The van der Waals surface area contributed by atoms with Crippen molar-refractivity contribution in [1.82, 2.24) is 9.80 Å². The van der Waals surface area contributed by atoms with Crippen molar-refractivity contribution in [3.8, 4) is 0 Å². The number of rotatable bonds is 9. The molecule has 1 N–H and O–H groups in total. The summed E-state index contributed by atoms with van der Waals surface area (Å²) in [6.07, 6.45) is 0.347. The molecule has 10 nitrogen and oxygen atoms in total. The van der Waals surface area contributed by atoms with Crippen LogP contribution in [-0.4, -0.2) is 67.4 Å². The molecule has 2 aromatic carbocycles. The van der Waals surface area contributed by atoms with Crippen LogP contribution in [0.25, 0.3) is 0 Å². The molecule has 0 bridgehead atoms. The van der Waals surface area contributed by atoms with Crippen molar-refractivity contribution in [1.29, 1.82) is 0 Å². The Morgan fingerprint density at radius 3 is 2.59 bits per heavy atom. The fourth-order valence-electron chi connectivity index (χ4n) is 4.84. The number of β-lactam (4-membered cyclic amide) rings is 1. The van der Waals surface area contributed by atoms with Crippen molar-refractivity contribution in [2.24, 2.45) is 5.92 Å². The lowest BCUT2D eigenvalue weighted by Crippen LogP contribution is -2.61. The number of ether oxygens (including phenoxy) is 1. The van der Waals surface area contributed by atoms with Crippen LogP contribution in [0.15, 0.2) is 64.5 Å². The minimum absolute atomic E-state index is 0.0287. The van der Waals surface area contributed by atoms with Gasteiger partial charge in [0.25, 0.3) is 11.6 Å². The molecule has 2 aromatic rings. The highest BCUT2D eigenvalue weighted by Gasteiger charge is 2.58. The van der Waals surface area contributed by atoms with Gasteiger partial charge >= 0.3 is 5.97 Å². The van der Waals surface area contributed by atoms with E-state index in [2.05, 4.69) is 0 Å². The first kappa shape index (κ1) is 27.2.